The van der Waals surface area contributed by atoms with Crippen LogP contribution in [-0.2, 0) is 0 Å². The third-order valence-corrected chi connectivity index (χ3v) is 3.87. The molecular formula is C17H23N3O. The molecule has 0 atom stereocenters. The lowest BCUT2D eigenvalue weighted by Crippen LogP contribution is -2.08. The van der Waals surface area contributed by atoms with Gasteiger partial charge in [0.05, 0.1) is 6.61 Å². The van der Waals surface area contributed by atoms with Crippen LogP contribution in [0.25, 0.3) is 11.3 Å². The third kappa shape index (κ3) is 2.62. The molecule has 1 aliphatic carbocycles. The molecule has 0 spiro atoms. The molecule has 0 bridgehead atoms. The minimum Gasteiger partial charge on any atom is -0.494 e. The van der Waals surface area contributed by atoms with Crippen molar-refractivity contribution in [3.8, 4) is 17.0 Å². The summed E-state index contributed by atoms with van der Waals surface area (Å²) in [5.74, 6) is 3.39. The first-order valence-corrected chi connectivity index (χ1v) is 7.72. The Bertz CT molecular complexity index is 624. The molecule has 0 saturated heterocycles. The fourth-order valence-corrected chi connectivity index (χ4v) is 2.72. The number of hydrogen-bond acceptors (Lipinski definition) is 3. The van der Waals surface area contributed by atoms with Crippen LogP contribution in [0, 0.1) is 0 Å². The van der Waals surface area contributed by atoms with E-state index in [1.165, 1.54) is 12.8 Å². The molecule has 1 aromatic heterocycles. The molecule has 4 heteroatoms. The predicted octanol–water partition coefficient (Wildman–Crippen LogP) is 3.99. The number of benzene rings is 1. The fraction of sp³-hybridized carbons (Fsp3) is 0.471. The Balaban J connectivity index is 1.99. The standard InChI is InChI=1S/C17H23N3O/c1-4-21-14-9-7-12(8-10-14)15-16(18)20(11(2)3)17(19-15)13-5-6-13/h7-11,13H,4-6,18H2,1-3H3. The van der Waals surface area contributed by atoms with Crippen LogP contribution in [0.3, 0.4) is 0 Å². The lowest BCUT2D eigenvalue weighted by Gasteiger charge is -2.13. The van der Waals surface area contributed by atoms with E-state index in [0.717, 1.165) is 28.6 Å². The molecule has 2 aromatic rings. The van der Waals surface area contributed by atoms with E-state index in [-0.39, 0.29) is 0 Å². The molecule has 3 rings (SSSR count). The Labute approximate surface area is 125 Å². The Morgan fingerprint density at radius 1 is 1.29 bits per heavy atom. The molecule has 1 aromatic carbocycles. The first-order valence-electron chi connectivity index (χ1n) is 7.72. The summed E-state index contributed by atoms with van der Waals surface area (Å²) in [7, 11) is 0. The highest BCUT2D eigenvalue weighted by atomic mass is 16.5. The van der Waals surface area contributed by atoms with E-state index in [4.69, 9.17) is 15.5 Å². The van der Waals surface area contributed by atoms with E-state index in [2.05, 4.69) is 18.4 Å². The number of aromatic nitrogens is 2. The topological polar surface area (TPSA) is 53.1 Å². The summed E-state index contributed by atoms with van der Waals surface area (Å²) in [5, 5.41) is 0. The van der Waals surface area contributed by atoms with Crippen LogP contribution in [0.1, 0.15) is 51.4 Å². The van der Waals surface area contributed by atoms with Gasteiger partial charge in [-0.3, -0.25) is 0 Å². The molecule has 4 nitrogen and oxygen atoms in total. The normalized spacial score (nSPS) is 14.7. The Morgan fingerprint density at radius 2 is 1.95 bits per heavy atom. The Morgan fingerprint density at radius 3 is 2.48 bits per heavy atom. The molecule has 0 radical (unpaired) electrons. The van der Waals surface area contributed by atoms with Crippen LogP contribution >= 0.6 is 0 Å². The molecule has 1 heterocycles. The molecular weight excluding hydrogens is 262 g/mol. The second-order valence-electron chi connectivity index (χ2n) is 5.90. The van der Waals surface area contributed by atoms with Crippen molar-refractivity contribution in [3.05, 3.63) is 30.1 Å². The summed E-state index contributed by atoms with van der Waals surface area (Å²) < 4.78 is 7.67. The maximum absolute atomic E-state index is 6.37. The van der Waals surface area contributed by atoms with Crippen LogP contribution in [0.4, 0.5) is 5.82 Å². The van der Waals surface area contributed by atoms with E-state index in [9.17, 15) is 0 Å². The van der Waals surface area contributed by atoms with Crippen molar-refractivity contribution in [2.24, 2.45) is 0 Å². The van der Waals surface area contributed by atoms with Crippen LogP contribution < -0.4 is 10.5 Å². The Kier molecular flexibility index (Phi) is 3.62. The van der Waals surface area contributed by atoms with Crippen LogP contribution in [0.2, 0.25) is 0 Å². The Hall–Kier alpha value is -1.97. The van der Waals surface area contributed by atoms with Crippen molar-refractivity contribution >= 4 is 5.82 Å². The summed E-state index contributed by atoms with van der Waals surface area (Å²) in [6, 6.07) is 8.35. The number of nitrogens with two attached hydrogens (primary N) is 1. The number of nitrogens with zero attached hydrogens (tertiary/aromatic N) is 2. The minimum atomic E-state index is 0.338. The summed E-state index contributed by atoms with van der Waals surface area (Å²) in [5.41, 5.74) is 8.32. The molecule has 1 aliphatic rings. The molecule has 112 valence electrons. The van der Waals surface area contributed by atoms with E-state index >= 15 is 0 Å². The zero-order valence-corrected chi connectivity index (χ0v) is 13.0. The van der Waals surface area contributed by atoms with Crippen LogP contribution in [0.5, 0.6) is 5.75 Å². The SMILES string of the molecule is CCOc1ccc(-c2nc(C3CC3)n(C(C)C)c2N)cc1. The van der Waals surface area contributed by atoms with Gasteiger partial charge in [0, 0.05) is 17.5 Å². The van der Waals surface area contributed by atoms with Crippen molar-refractivity contribution in [3.63, 3.8) is 0 Å². The maximum Gasteiger partial charge on any atom is 0.131 e. The van der Waals surface area contributed by atoms with Gasteiger partial charge in [-0.25, -0.2) is 4.98 Å². The first kappa shape index (κ1) is 14.0. The van der Waals surface area contributed by atoms with Crippen LogP contribution in [0.15, 0.2) is 24.3 Å². The highest BCUT2D eigenvalue weighted by molar-refractivity contribution is 5.71. The number of rotatable bonds is 5. The maximum atomic E-state index is 6.37. The first-order chi connectivity index (χ1) is 10.1. The zero-order chi connectivity index (χ0) is 15.0. The second kappa shape index (κ2) is 5.43. The van der Waals surface area contributed by atoms with E-state index in [1.807, 2.05) is 31.2 Å². The predicted molar refractivity (Wildman–Crippen MR) is 85.6 cm³/mol. The summed E-state index contributed by atoms with van der Waals surface area (Å²) >= 11 is 0. The lowest BCUT2D eigenvalue weighted by molar-refractivity contribution is 0.340. The van der Waals surface area contributed by atoms with Crippen molar-refractivity contribution in [1.29, 1.82) is 0 Å². The number of nitrogen functional groups attached to an aromatic ring is 1. The second-order valence-corrected chi connectivity index (χ2v) is 5.90. The summed E-state index contributed by atoms with van der Waals surface area (Å²) in [6.07, 6.45) is 2.46. The highest BCUT2D eigenvalue weighted by Crippen LogP contribution is 2.43. The highest BCUT2D eigenvalue weighted by Gasteiger charge is 2.31. The van der Waals surface area contributed by atoms with Crippen molar-refractivity contribution in [2.45, 2.75) is 45.6 Å². The van der Waals surface area contributed by atoms with Gasteiger partial charge < -0.3 is 15.0 Å². The number of anilines is 1. The number of imidazole rings is 1. The van der Waals surface area contributed by atoms with E-state index < -0.39 is 0 Å². The van der Waals surface area contributed by atoms with E-state index in [1.54, 1.807) is 0 Å². The van der Waals surface area contributed by atoms with Gasteiger partial charge >= 0.3 is 0 Å². The van der Waals surface area contributed by atoms with Gasteiger partial charge in [0.1, 0.15) is 23.1 Å². The average molecular weight is 285 g/mol. The zero-order valence-electron chi connectivity index (χ0n) is 13.0. The van der Waals surface area contributed by atoms with Gasteiger partial charge in [-0.1, -0.05) is 0 Å². The minimum absolute atomic E-state index is 0.338. The molecule has 0 aliphatic heterocycles. The van der Waals surface area contributed by atoms with Crippen molar-refractivity contribution in [2.75, 3.05) is 12.3 Å². The van der Waals surface area contributed by atoms with Gasteiger partial charge in [0.15, 0.2) is 0 Å². The van der Waals surface area contributed by atoms with Gasteiger partial charge in [0.25, 0.3) is 0 Å². The summed E-state index contributed by atoms with van der Waals surface area (Å²) in [6.45, 7) is 6.98. The summed E-state index contributed by atoms with van der Waals surface area (Å²) in [4.78, 5) is 4.84. The van der Waals surface area contributed by atoms with Crippen molar-refractivity contribution in [1.82, 2.24) is 9.55 Å². The molecule has 0 unspecified atom stereocenters. The monoisotopic (exact) mass is 285 g/mol. The number of ether oxygens (including phenoxy) is 1. The third-order valence-electron chi connectivity index (χ3n) is 3.87. The average Bonchev–Trinajstić information content (AvgIpc) is 3.24. The molecule has 1 saturated carbocycles. The van der Waals surface area contributed by atoms with Crippen LogP contribution in [-0.4, -0.2) is 16.2 Å². The lowest BCUT2D eigenvalue weighted by atomic mass is 10.1. The van der Waals surface area contributed by atoms with Crippen molar-refractivity contribution < 1.29 is 4.74 Å². The molecule has 21 heavy (non-hydrogen) atoms. The van der Waals surface area contributed by atoms with E-state index in [0.29, 0.717) is 18.6 Å². The fourth-order valence-electron chi connectivity index (χ4n) is 2.72. The number of hydrogen-bond donors (Lipinski definition) is 1. The smallest absolute Gasteiger partial charge is 0.131 e. The van der Waals surface area contributed by atoms with Gasteiger partial charge in [-0.15, -0.1) is 0 Å². The molecule has 0 amide bonds. The van der Waals surface area contributed by atoms with Gasteiger partial charge in [-0.2, -0.15) is 0 Å². The van der Waals surface area contributed by atoms with Gasteiger partial charge in [0.2, 0.25) is 0 Å². The van der Waals surface area contributed by atoms with Gasteiger partial charge in [-0.05, 0) is 57.9 Å². The molecule has 2 N–H and O–H groups in total. The molecule has 1 fully saturated rings. The largest absolute Gasteiger partial charge is 0.494 e. The quantitative estimate of drug-likeness (QED) is 0.903.